The molecule has 1 rings (SSSR count). The molecule has 7 nitrogen and oxygen atoms in total. The minimum Gasteiger partial charge on any atom is -0.467 e. The highest BCUT2D eigenvalue weighted by Gasteiger charge is 2.26. The maximum atomic E-state index is 12.2. The summed E-state index contributed by atoms with van der Waals surface area (Å²) in [4.78, 5) is 34.9. The Hall–Kier alpha value is -2.41. The quantitative estimate of drug-likeness (QED) is 0.399. The van der Waals surface area contributed by atoms with Gasteiger partial charge in [-0.15, -0.1) is 0 Å². The normalized spacial score (nSPS) is 12.9. The molecule has 0 saturated heterocycles. The van der Waals surface area contributed by atoms with Crippen molar-refractivity contribution in [3.05, 3.63) is 35.9 Å². The number of rotatable bonds is 6. The van der Waals surface area contributed by atoms with Crippen LogP contribution in [0, 0.1) is 0 Å². The summed E-state index contributed by atoms with van der Waals surface area (Å²) in [5.74, 6) is -2.58. The molecule has 0 saturated carbocycles. The van der Waals surface area contributed by atoms with E-state index in [2.05, 4.69) is 10.1 Å². The molecule has 0 spiro atoms. The second-order valence-corrected chi connectivity index (χ2v) is 4.46. The van der Waals surface area contributed by atoms with E-state index >= 15 is 0 Å². The van der Waals surface area contributed by atoms with Crippen LogP contribution in [0.1, 0.15) is 24.8 Å². The molecule has 114 valence electrons. The fraction of sp³-hybridized carbons (Fsp3) is 0.357. The van der Waals surface area contributed by atoms with Crippen molar-refractivity contribution in [2.24, 2.45) is 0 Å². The molecule has 0 bridgehead atoms. The molecular formula is C14H18N2O5. The second kappa shape index (κ2) is 8.01. The van der Waals surface area contributed by atoms with Crippen LogP contribution in [0.2, 0.25) is 0 Å². The van der Waals surface area contributed by atoms with Gasteiger partial charge >= 0.3 is 5.97 Å². The van der Waals surface area contributed by atoms with E-state index in [1.165, 1.54) is 19.5 Å². The van der Waals surface area contributed by atoms with Gasteiger partial charge in [-0.3, -0.25) is 14.8 Å². The number of hydroxylamine groups is 1. The van der Waals surface area contributed by atoms with Crippen LogP contribution >= 0.6 is 0 Å². The summed E-state index contributed by atoms with van der Waals surface area (Å²) in [6.45, 7) is 1.48. The third kappa shape index (κ3) is 4.88. The van der Waals surface area contributed by atoms with Crippen molar-refractivity contribution >= 4 is 17.8 Å². The van der Waals surface area contributed by atoms with Crippen LogP contribution in [-0.2, 0) is 19.1 Å². The molecule has 0 aromatic heterocycles. The zero-order valence-corrected chi connectivity index (χ0v) is 11.8. The monoisotopic (exact) mass is 294 g/mol. The zero-order valence-electron chi connectivity index (χ0n) is 11.8. The van der Waals surface area contributed by atoms with Crippen LogP contribution in [0.4, 0.5) is 0 Å². The van der Waals surface area contributed by atoms with E-state index in [1.54, 1.807) is 30.3 Å². The summed E-state index contributed by atoms with van der Waals surface area (Å²) < 4.78 is 4.53. The number of methoxy groups -OCH3 is 1. The van der Waals surface area contributed by atoms with E-state index in [9.17, 15) is 14.4 Å². The molecule has 1 aromatic carbocycles. The van der Waals surface area contributed by atoms with E-state index in [0.717, 1.165) is 0 Å². The fourth-order valence-electron chi connectivity index (χ4n) is 1.83. The van der Waals surface area contributed by atoms with Gasteiger partial charge in [-0.25, -0.2) is 10.3 Å². The summed E-state index contributed by atoms with van der Waals surface area (Å²) in [7, 11) is 1.22. The first-order chi connectivity index (χ1) is 9.99. The van der Waals surface area contributed by atoms with Gasteiger partial charge in [0.15, 0.2) is 0 Å². The molecule has 0 radical (unpaired) electrons. The van der Waals surface area contributed by atoms with E-state index in [4.69, 9.17) is 5.21 Å². The maximum Gasteiger partial charge on any atom is 0.328 e. The molecule has 0 aliphatic carbocycles. The van der Waals surface area contributed by atoms with Gasteiger partial charge in [-0.2, -0.15) is 0 Å². The molecule has 0 aliphatic rings. The Balaban J connectivity index is 2.88. The first kappa shape index (κ1) is 16.6. The smallest absolute Gasteiger partial charge is 0.328 e. The molecule has 1 aromatic rings. The lowest BCUT2D eigenvalue weighted by atomic mass is 9.94. The molecule has 21 heavy (non-hydrogen) atoms. The van der Waals surface area contributed by atoms with Gasteiger partial charge in [0.05, 0.1) is 13.0 Å². The van der Waals surface area contributed by atoms with E-state index in [1.807, 2.05) is 0 Å². The Bertz CT molecular complexity index is 503. The Kier molecular flexibility index (Phi) is 6.35. The molecular weight excluding hydrogens is 276 g/mol. The average Bonchev–Trinajstić information content (AvgIpc) is 2.51. The van der Waals surface area contributed by atoms with Gasteiger partial charge in [0.25, 0.3) is 0 Å². The van der Waals surface area contributed by atoms with Crippen molar-refractivity contribution in [3.63, 3.8) is 0 Å². The molecule has 7 heteroatoms. The minimum absolute atomic E-state index is 0.236. The van der Waals surface area contributed by atoms with Crippen LogP contribution in [0.15, 0.2) is 30.3 Å². The Morgan fingerprint density at radius 2 is 1.86 bits per heavy atom. The number of carbonyl (C=O) groups excluding carboxylic acids is 3. The number of hydrogen-bond acceptors (Lipinski definition) is 5. The van der Waals surface area contributed by atoms with Crippen LogP contribution < -0.4 is 10.8 Å². The highest BCUT2D eigenvalue weighted by molar-refractivity contribution is 5.92. The lowest BCUT2D eigenvalue weighted by molar-refractivity contribution is -0.144. The van der Waals surface area contributed by atoms with Crippen molar-refractivity contribution in [1.29, 1.82) is 0 Å². The highest BCUT2D eigenvalue weighted by Crippen LogP contribution is 2.20. The van der Waals surface area contributed by atoms with Crippen LogP contribution in [-0.4, -0.2) is 36.1 Å². The summed E-state index contributed by atoms with van der Waals surface area (Å²) in [5, 5.41) is 11.1. The van der Waals surface area contributed by atoms with Crippen molar-refractivity contribution in [3.8, 4) is 0 Å². The lowest BCUT2D eigenvalue weighted by Crippen LogP contribution is -2.42. The van der Waals surface area contributed by atoms with Gasteiger partial charge in [-0.1, -0.05) is 30.3 Å². The Labute approximate surface area is 122 Å². The largest absolute Gasteiger partial charge is 0.467 e. The van der Waals surface area contributed by atoms with Gasteiger partial charge in [0.2, 0.25) is 11.8 Å². The molecule has 3 N–H and O–H groups in total. The summed E-state index contributed by atoms with van der Waals surface area (Å²) >= 11 is 0. The molecule has 2 atom stereocenters. The molecule has 0 aliphatic heterocycles. The SMILES string of the molecule is COC(=O)[C@H](C)NC(=O)C(CC(=O)NO)c1ccccc1. The van der Waals surface area contributed by atoms with Gasteiger partial charge in [0.1, 0.15) is 6.04 Å². The van der Waals surface area contributed by atoms with Crippen LogP contribution in [0.3, 0.4) is 0 Å². The van der Waals surface area contributed by atoms with Crippen molar-refractivity contribution in [2.45, 2.75) is 25.3 Å². The Morgan fingerprint density at radius 3 is 2.38 bits per heavy atom. The zero-order chi connectivity index (χ0) is 15.8. The molecule has 1 unspecified atom stereocenters. The number of benzene rings is 1. The van der Waals surface area contributed by atoms with E-state index < -0.39 is 29.7 Å². The maximum absolute atomic E-state index is 12.2. The topological polar surface area (TPSA) is 105 Å². The number of nitrogens with one attached hydrogen (secondary N) is 2. The van der Waals surface area contributed by atoms with E-state index in [0.29, 0.717) is 5.56 Å². The van der Waals surface area contributed by atoms with Crippen LogP contribution in [0.25, 0.3) is 0 Å². The van der Waals surface area contributed by atoms with Gasteiger partial charge < -0.3 is 10.1 Å². The molecule has 0 fully saturated rings. The van der Waals surface area contributed by atoms with Crippen LogP contribution in [0.5, 0.6) is 0 Å². The second-order valence-electron chi connectivity index (χ2n) is 4.46. The number of esters is 1. The summed E-state index contributed by atoms with van der Waals surface area (Å²) in [6, 6.07) is 7.80. The number of ether oxygens (including phenoxy) is 1. The Morgan fingerprint density at radius 1 is 1.24 bits per heavy atom. The number of carbonyl (C=O) groups is 3. The van der Waals surface area contributed by atoms with Crippen molar-refractivity contribution < 1.29 is 24.3 Å². The number of hydrogen-bond donors (Lipinski definition) is 3. The number of amides is 2. The predicted octanol–water partition coefficient (Wildman–Crippen LogP) is 0.343. The van der Waals surface area contributed by atoms with E-state index in [-0.39, 0.29) is 6.42 Å². The first-order valence-electron chi connectivity index (χ1n) is 6.35. The average molecular weight is 294 g/mol. The third-order valence-corrected chi connectivity index (χ3v) is 2.95. The minimum atomic E-state index is -0.828. The highest BCUT2D eigenvalue weighted by atomic mass is 16.5. The standard InChI is InChI=1S/C14H18N2O5/c1-9(14(19)21-2)15-13(18)11(8-12(17)16-20)10-6-4-3-5-7-10/h3-7,9,11,20H,8H2,1-2H3,(H,15,18)(H,16,17)/t9-,11?/m0/s1. The summed E-state index contributed by atoms with van der Waals surface area (Å²) in [6.07, 6.45) is -0.236. The first-order valence-corrected chi connectivity index (χ1v) is 6.35. The van der Waals surface area contributed by atoms with Gasteiger partial charge in [0, 0.05) is 6.42 Å². The fourth-order valence-corrected chi connectivity index (χ4v) is 1.83. The van der Waals surface area contributed by atoms with Crippen molar-refractivity contribution in [2.75, 3.05) is 7.11 Å². The van der Waals surface area contributed by atoms with Gasteiger partial charge in [-0.05, 0) is 12.5 Å². The molecule has 0 heterocycles. The predicted molar refractivity (Wildman–Crippen MR) is 73.3 cm³/mol. The molecule has 2 amide bonds. The third-order valence-electron chi connectivity index (χ3n) is 2.95. The van der Waals surface area contributed by atoms with Crippen molar-refractivity contribution in [1.82, 2.24) is 10.8 Å². The summed E-state index contributed by atoms with van der Waals surface area (Å²) in [5.41, 5.74) is 2.10. The lowest BCUT2D eigenvalue weighted by Gasteiger charge is -2.19.